The number of nitrogens with zero attached hydrogens (tertiary/aromatic N) is 1. The van der Waals surface area contributed by atoms with Gasteiger partial charge in [-0.05, 0) is 18.9 Å². The summed E-state index contributed by atoms with van der Waals surface area (Å²) < 4.78 is 0. The zero-order chi connectivity index (χ0) is 14.5. The number of piperazine rings is 1. The van der Waals surface area contributed by atoms with E-state index in [0.29, 0.717) is 5.02 Å². The topological polar surface area (TPSA) is 35.5 Å². The van der Waals surface area contributed by atoms with E-state index in [9.17, 15) is 5.11 Å². The number of benzene rings is 1. The second-order valence-corrected chi connectivity index (χ2v) is 5.75. The summed E-state index contributed by atoms with van der Waals surface area (Å²) >= 11 is 12.0. The fraction of sp³-hybridized carbons (Fsp3) is 0.467. The number of halogens is 2. The van der Waals surface area contributed by atoms with Gasteiger partial charge in [0.05, 0.1) is 5.02 Å². The first-order chi connectivity index (χ1) is 9.65. The van der Waals surface area contributed by atoms with E-state index in [-0.39, 0.29) is 16.8 Å². The lowest BCUT2D eigenvalue weighted by molar-refractivity contribution is 0.163. The molecule has 0 aromatic heterocycles. The highest BCUT2D eigenvalue weighted by molar-refractivity contribution is 6.43. The Balaban J connectivity index is 2.29. The molecule has 1 atom stereocenters. The molecule has 0 aliphatic carbocycles. The van der Waals surface area contributed by atoms with E-state index in [2.05, 4.69) is 16.8 Å². The molecule has 1 aromatic carbocycles. The molecular weight excluding hydrogens is 295 g/mol. The van der Waals surface area contributed by atoms with Crippen LogP contribution in [0.3, 0.4) is 0 Å². The highest BCUT2D eigenvalue weighted by atomic mass is 35.5. The Kier molecular flexibility index (Phi) is 5.73. The molecule has 1 aliphatic rings. The third-order valence-electron chi connectivity index (χ3n) is 3.70. The van der Waals surface area contributed by atoms with Gasteiger partial charge < -0.3 is 10.4 Å². The smallest absolute Gasteiger partial charge is 0.140 e. The SMILES string of the molecule is C=CCC[C@H](c1ccc(Cl)c(Cl)c1O)N1CCNCC1. The molecule has 0 radical (unpaired) electrons. The molecule has 2 N–H and O–H groups in total. The largest absolute Gasteiger partial charge is 0.506 e. The van der Waals surface area contributed by atoms with Crippen molar-refractivity contribution in [3.8, 4) is 5.75 Å². The van der Waals surface area contributed by atoms with Crippen molar-refractivity contribution >= 4 is 23.2 Å². The minimum atomic E-state index is 0.103. The molecule has 2 rings (SSSR count). The fourth-order valence-electron chi connectivity index (χ4n) is 2.63. The number of allylic oxidation sites excluding steroid dienone is 1. The van der Waals surface area contributed by atoms with Gasteiger partial charge in [-0.3, -0.25) is 4.90 Å². The van der Waals surface area contributed by atoms with Gasteiger partial charge >= 0.3 is 0 Å². The summed E-state index contributed by atoms with van der Waals surface area (Å²) in [6, 6.07) is 3.77. The van der Waals surface area contributed by atoms with Gasteiger partial charge in [-0.2, -0.15) is 0 Å². The van der Waals surface area contributed by atoms with Crippen molar-refractivity contribution in [3.05, 3.63) is 40.4 Å². The summed E-state index contributed by atoms with van der Waals surface area (Å²) in [6.45, 7) is 7.63. The Morgan fingerprint density at radius 3 is 2.70 bits per heavy atom. The van der Waals surface area contributed by atoms with Crippen molar-refractivity contribution in [1.82, 2.24) is 10.2 Å². The molecule has 110 valence electrons. The normalized spacial score (nSPS) is 17.9. The number of nitrogens with one attached hydrogen (secondary N) is 1. The van der Waals surface area contributed by atoms with Gasteiger partial charge in [0.2, 0.25) is 0 Å². The number of hydrogen-bond acceptors (Lipinski definition) is 3. The first-order valence-electron chi connectivity index (χ1n) is 6.87. The van der Waals surface area contributed by atoms with E-state index in [1.54, 1.807) is 6.07 Å². The number of aromatic hydroxyl groups is 1. The number of phenols is 1. The Hall–Kier alpha value is -0.740. The van der Waals surface area contributed by atoms with E-state index < -0.39 is 0 Å². The summed E-state index contributed by atoms with van der Waals surface area (Å²) in [4.78, 5) is 2.37. The van der Waals surface area contributed by atoms with E-state index >= 15 is 0 Å². The zero-order valence-electron chi connectivity index (χ0n) is 11.4. The number of hydrogen-bond donors (Lipinski definition) is 2. The Morgan fingerprint density at radius 1 is 1.35 bits per heavy atom. The lowest BCUT2D eigenvalue weighted by Crippen LogP contribution is -2.45. The highest BCUT2D eigenvalue weighted by Gasteiger charge is 2.25. The van der Waals surface area contributed by atoms with Crippen molar-refractivity contribution in [3.63, 3.8) is 0 Å². The second kappa shape index (κ2) is 7.32. The maximum atomic E-state index is 10.3. The molecule has 1 aromatic rings. The first kappa shape index (κ1) is 15.6. The van der Waals surface area contributed by atoms with Gasteiger partial charge in [-0.1, -0.05) is 35.3 Å². The zero-order valence-corrected chi connectivity index (χ0v) is 12.9. The average Bonchev–Trinajstić information content (AvgIpc) is 2.48. The summed E-state index contributed by atoms with van der Waals surface area (Å²) in [5.41, 5.74) is 0.850. The van der Waals surface area contributed by atoms with Crippen LogP contribution in [0.25, 0.3) is 0 Å². The van der Waals surface area contributed by atoms with Crippen molar-refractivity contribution in [2.24, 2.45) is 0 Å². The van der Waals surface area contributed by atoms with Crippen LogP contribution in [0.2, 0.25) is 10.0 Å². The van der Waals surface area contributed by atoms with Crippen LogP contribution in [-0.2, 0) is 0 Å². The predicted octanol–water partition coefficient (Wildman–Crippen LogP) is 3.61. The molecule has 5 heteroatoms. The lowest BCUT2D eigenvalue weighted by Gasteiger charge is -2.35. The predicted molar refractivity (Wildman–Crippen MR) is 84.7 cm³/mol. The number of phenolic OH excluding ortho intramolecular Hbond substituents is 1. The van der Waals surface area contributed by atoms with Crippen LogP contribution in [0.15, 0.2) is 24.8 Å². The van der Waals surface area contributed by atoms with Crippen LogP contribution in [0, 0.1) is 0 Å². The molecule has 0 spiro atoms. The third-order valence-corrected chi connectivity index (χ3v) is 4.49. The lowest BCUT2D eigenvalue weighted by atomic mass is 9.98. The van der Waals surface area contributed by atoms with Crippen LogP contribution < -0.4 is 5.32 Å². The Bertz CT molecular complexity index is 473. The average molecular weight is 315 g/mol. The Labute approximate surface area is 130 Å². The molecule has 1 fully saturated rings. The molecule has 0 saturated carbocycles. The van der Waals surface area contributed by atoms with Crippen LogP contribution in [0.1, 0.15) is 24.4 Å². The minimum absolute atomic E-state index is 0.103. The molecule has 20 heavy (non-hydrogen) atoms. The quantitative estimate of drug-likeness (QED) is 0.815. The van der Waals surface area contributed by atoms with Crippen molar-refractivity contribution in [1.29, 1.82) is 0 Å². The van der Waals surface area contributed by atoms with Crippen molar-refractivity contribution in [2.45, 2.75) is 18.9 Å². The van der Waals surface area contributed by atoms with E-state index in [4.69, 9.17) is 23.2 Å². The van der Waals surface area contributed by atoms with Gasteiger partial charge in [-0.25, -0.2) is 0 Å². The molecule has 0 unspecified atom stereocenters. The molecule has 1 heterocycles. The molecule has 1 aliphatic heterocycles. The molecular formula is C15H20Cl2N2O. The van der Waals surface area contributed by atoms with Gasteiger partial charge in [0.15, 0.2) is 0 Å². The fourth-order valence-corrected chi connectivity index (χ4v) is 2.95. The second-order valence-electron chi connectivity index (χ2n) is 4.97. The van der Waals surface area contributed by atoms with Crippen molar-refractivity contribution in [2.75, 3.05) is 26.2 Å². The van der Waals surface area contributed by atoms with Crippen molar-refractivity contribution < 1.29 is 5.11 Å². The van der Waals surface area contributed by atoms with Crippen LogP contribution in [0.5, 0.6) is 5.75 Å². The maximum Gasteiger partial charge on any atom is 0.140 e. The third kappa shape index (κ3) is 3.47. The van der Waals surface area contributed by atoms with E-state index in [1.807, 2.05) is 12.1 Å². The van der Waals surface area contributed by atoms with Crippen LogP contribution >= 0.6 is 23.2 Å². The molecule has 3 nitrogen and oxygen atoms in total. The monoisotopic (exact) mass is 314 g/mol. The summed E-state index contributed by atoms with van der Waals surface area (Å²) in [7, 11) is 0. The molecule has 0 amide bonds. The van der Waals surface area contributed by atoms with Gasteiger partial charge in [0.25, 0.3) is 0 Å². The highest BCUT2D eigenvalue weighted by Crippen LogP contribution is 2.40. The molecule has 0 bridgehead atoms. The van der Waals surface area contributed by atoms with E-state index in [1.165, 1.54) is 0 Å². The minimum Gasteiger partial charge on any atom is -0.506 e. The van der Waals surface area contributed by atoms with Crippen LogP contribution in [0.4, 0.5) is 0 Å². The summed E-state index contributed by atoms with van der Waals surface area (Å²) in [5.74, 6) is 0.103. The molecule has 1 saturated heterocycles. The Morgan fingerprint density at radius 2 is 2.05 bits per heavy atom. The van der Waals surface area contributed by atoms with Gasteiger partial charge in [-0.15, -0.1) is 6.58 Å². The number of rotatable bonds is 5. The maximum absolute atomic E-state index is 10.3. The summed E-state index contributed by atoms with van der Waals surface area (Å²) in [6.07, 6.45) is 3.72. The summed E-state index contributed by atoms with van der Waals surface area (Å²) in [5, 5.41) is 14.3. The standard InChI is InChI=1S/C15H20Cl2N2O/c1-2-3-4-13(19-9-7-18-8-10-19)11-5-6-12(16)14(17)15(11)20/h2,5-6,13,18,20H,1,3-4,7-10H2/t13-/m1/s1. The van der Waals surface area contributed by atoms with E-state index in [0.717, 1.165) is 44.6 Å². The van der Waals surface area contributed by atoms with Crippen LogP contribution in [-0.4, -0.2) is 36.2 Å². The first-order valence-corrected chi connectivity index (χ1v) is 7.63. The van der Waals surface area contributed by atoms with Gasteiger partial charge in [0, 0.05) is 37.8 Å². The van der Waals surface area contributed by atoms with Gasteiger partial charge in [0.1, 0.15) is 10.8 Å².